The fourth-order valence-corrected chi connectivity index (χ4v) is 2.36. The lowest BCUT2D eigenvalue weighted by Crippen LogP contribution is -2.27. The standard InChI is InChI=1S/C18H19N5/c19-17(23-18(20)16-7-11-22-12-8-16)15-3-1-13(2-4-15)14-5-9-21-10-6-14/h1-11,18,22H,12,20H2,(H2,19,23). The van der Waals surface area contributed by atoms with E-state index in [0.29, 0.717) is 5.84 Å². The van der Waals surface area contributed by atoms with Crippen molar-refractivity contribution in [3.05, 3.63) is 78.3 Å². The van der Waals surface area contributed by atoms with Crippen LogP contribution >= 0.6 is 0 Å². The van der Waals surface area contributed by atoms with Crippen molar-refractivity contribution >= 4 is 5.84 Å². The molecule has 0 saturated heterocycles. The molecule has 0 bridgehead atoms. The Morgan fingerprint density at radius 2 is 1.78 bits per heavy atom. The molecule has 1 aromatic heterocycles. The van der Waals surface area contributed by atoms with E-state index >= 15 is 0 Å². The van der Waals surface area contributed by atoms with Gasteiger partial charge in [-0.05, 0) is 41.1 Å². The summed E-state index contributed by atoms with van der Waals surface area (Å²) in [6, 6.07) is 11.9. The first-order chi connectivity index (χ1) is 11.2. The number of amidine groups is 1. The molecule has 3 rings (SSSR count). The van der Waals surface area contributed by atoms with Crippen molar-refractivity contribution < 1.29 is 0 Å². The van der Waals surface area contributed by atoms with Crippen LogP contribution in [0.15, 0.2) is 77.7 Å². The molecule has 1 aromatic carbocycles. The van der Waals surface area contributed by atoms with Crippen molar-refractivity contribution in [1.82, 2.24) is 10.3 Å². The van der Waals surface area contributed by atoms with Gasteiger partial charge in [0.25, 0.3) is 0 Å². The van der Waals surface area contributed by atoms with Crippen molar-refractivity contribution in [3.8, 4) is 11.1 Å². The van der Waals surface area contributed by atoms with Gasteiger partial charge in [0.05, 0.1) is 0 Å². The van der Waals surface area contributed by atoms with E-state index in [4.69, 9.17) is 11.5 Å². The van der Waals surface area contributed by atoms with Crippen LogP contribution in [0.25, 0.3) is 11.1 Å². The average molecular weight is 305 g/mol. The maximum atomic E-state index is 6.09. The van der Waals surface area contributed by atoms with Gasteiger partial charge in [-0.15, -0.1) is 0 Å². The van der Waals surface area contributed by atoms with E-state index in [1.807, 2.05) is 54.8 Å². The van der Waals surface area contributed by atoms with E-state index in [1.165, 1.54) is 0 Å². The number of aliphatic imine (C=N–C) groups is 1. The van der Waals surface area contributed by atoms with Crippen molar-refractivity contribution in [3.63, 3.8) is 0 Å². The molecule has 2 aromatic rings. The Labute approximate surface area is 135 Å². The SMILES string of the molecule is NC(=NC(N)C1=CCNC=C1)c1ccc(-c2ccncc2)cc1. The molecule has 2 heterocycles. The molecule has 5 nitrogen and oxygen atoms in total. The summed E-state index contributed by atoms with van der Waals surface area (Å²) in [4.78, 5) is 8.41. The highest BCUT2D eigenvalue weighted by Crippen LogP contribution is 2.18. The normalized spacial score (nSPS) is 15.7. The van der Waals surface area contributed by atoms with Crippen LogP contribution in [0.5, 0.6) is 0 Å². The first-order valence-electron chi connectivity index (χ1n) is 7.44. The number of benzene rings is 1. The first kappa shape index (κ1) is 15.0. The van der Waals surface area contributed by atoms with E-state index < -0.39 is 6.17 Å². The molecule has 1 aliphatic heterocycles. The molecular formula is C18H19N5. The van der Waals surface area contributed by atoms with Crippen LogP contribution < -0.4 is 16.8 Å². The fourth-order valence-electron chi connectivity index (χ4n) is 2.36. The van der Waals surface area contributed by atoms with Crippen molar-refractivity contribution in [2.45, 2.75) is 6.17 Å². The summed E-state index contributed by atoms with van der Waals surface area (Å²) in [5.74, 6) is 0.437. The summed E-state index contributed by atoms with van der Waals surface area (Å²) in [6.45, 7) is 0.760. The minimum Gasteiger partial charge on any atom is -0.387 e. The van der Waals surface area contributed by atoms with Crippen LogP contribution in [-0.2, 0) is 0 Å². The van der Waals surface area contributed by atoms with E-state index in [1.54, 1.807) is 12.4 Å². The quantitative estimate of drug-likeness (QED) is 0.593. The summed E-state index contributed by atoms with van der Waals surface area (Å²) >= 11 is 0. The van der Waals surface area contributed by atoms with Crippen LogP contribution in [0.2, 0.25) is 0 Å². The number of pyridine rings is 1. The zero-order chi connectivity index (χ0) is 16.1. The minimum atomic E-state index is -0.451. The third-order valence-corrected chi connectivity index (χ3v) is 3.66. The summed E-state index contributed by atoms with van der Waals surface area (Å²) < 4.78 is 0. The summed E-state index contributed by atoms with van der Waals surface area (Å²) in [7, 11) is 0. The number of hydrogen-bond donors (Lipinski definition) is 3. The Morgan fingerprint density at radius 1 is 1.09 bits per heavy atom. The number of aromatic nitrogens is 1. The molecule has 0 fully saturated rings. The highest BCUT2D eigenvalue weighted by atomic mass is 15.0. The van der Waals surface area contributed by atoms with Crippen molar-refractivity contribution in [1.29, 1.82) is 0 Å². The van der Waals surface area contributed by atoms with Gasteiger partial charge in [-0.25, -0.2) is 4.99 Å². The first-order valence-corrected chi connectivity index (χ1v) is 7.44. The number of nitrogens with zero attached hydrogens (tertiary/aromatic N) is 2. The number of rotatable bonds is 4. The predicted molar refractivity (Wildman–Crippen MR) is 93.6 cm³/mol. The molecule has 0 saturated carbocycles. The van der Waals surface area contributed by atoms with Crippen LogP contribution in [0, 0.1) is 0 Å². The Balaban J connectivity index is 1.77. The highest BCUT2D eigenvalue weighted by Gasteiger charge is 2.08. The van der Waals surface area contributed by atoms with Gasteiger partial charge < -0.3 is 16.8 Å². The van der Waals surface area contributed by atoms with Gasteiger partial charge in [-0.2, -0.15) is 0 Å². The Kier molecular flexibility index (Phi) is 4.49. The molecule has 0 spiro atoms. The zero-order valence-corrected chi connectivity index (χ0v) is 12.7. The Hall–Kier alpha value is -2.92. The molecule has 0 amide bonds. The lowest BCUT2D eigenvalue weighted by atomic mass is 10.0. The van der Waals surface area contributed by atoms with Gasteiger partial charge in [0.1, 0.15) is 12.0 Å². The van der Waals surface area contributed by atoms with Crippen molar-refractivity contribution in [2.75, 3.05) is 6.54 Å². The maximum absolute atomic E-state index is 6.09. The summed E-state index contributed by atoms with van der Waals surface area (Å²) in [6.07, 6.45) is 8.89. The van der Waals surface area contributed by atoms with Gasteiger partial charge >= 0.3 is 0 Å². The molecule has 5 heteroatoms. The topological polar surface area (TPSA) is 89.3 Å². The zero-order valence-electron chi connectivity index (χ0n) is 12.7. The molecule has 0 radical (unpaired) electrons. The van der Waals surface area contributed by atoms with Crippen LogP contribution in [0.4, 0.5) is 0 Å². The molecule has 23 heavy (non-hydrogen) atoms. The number of nitrogens with two attached hydrogens (primary N) is 2. The summed E-state index contributed by atoms with van der Waals surface area (Å²) in [5.41, 5.74) is 16.2. The van der Waals surface area contributed by atoms with E-state index in [2.05, 4.69) is 15.3 Å². The third-order valence-electron chi connectivity index (χ3n) is 3.66. The molecule has 5 N–H and O–H groups in total. The largest absolute Gasteiger partial charge is 0.387 e. The molecule has 0 aliphatic carbocycles. The second kappa shape index (κ2) is 6.89. The highest BCUT2D eigenvalue weighted by molar-refractivity contribution is 5.98. The predicted octanol–water partition coefficient (Wildman–Crippen LogP) is 1.78. The van der Waals surface area contributed by atoms with Crippen LogP contribution in [0.3, 0.4) is 0 Å². The van der Waals surface area contributed by atoms with Gasteiger partial charge in [0, 0.05) is 24.5 Å². The Bertz CT molecular complexity index is 745. The van der Waals surface area contributed by atoms with Crippen molar-refractivity contribution in [2.24, 2.45) is 16.5 Å². The lowest BCUT2D eigenvalue weighted by molar-refractivity contribution is 0.813. The fraction of sp³-hybridized carbons (Fsp3) is 0.111. The molecule has 1 aliphatic rings. The monoisotopic (exact) mass is 305 g/mol. The maximum Gasteiger partial charge on any atom is 0.127 e. The average Bonchev–Trinajstić information content (AvgIpc) is 2.63. The lowest BCUT2D eigenvalue weighted by Gasteiger charge is -2.13. The van der Waals surface area contributed by atoms with E-state index in [0.717, 1.165) is 28.8 Å². The van der Waals surface area contributed by atoms with Crippen LogP contribution in [0.1, 0.15) is 5.56 Å². The molecule has 1 atom stereocenters. The molecule has 1 unspecified atom stereocenters. The molecule has 116 valence electrons. The van der Waals surface area contributed by atoms with E-state index in [-0.39, 0.29) is 0 Å². The second-order valence-electron chi connectivity index (χ2n) is 5.22. The van der Waals surface area contributed by atoms with Gasteiger partial charge in [-0.1, -0.05) is 30.3 Å². The van der Waals surface area contributed by atoms with E-state index in [9.17, 15) is 0 Å². The van der Waals surface area contributed by atoms with Gasteiger partial charge in [0.2, 0.25) is 0 Å². The van der Waals surface area contributed by atoms with Crippen LogP contribution in [-0.4, -0.2) is 23.5 Å². The number of hydrogen-bond acceptors (Lipinski definition) is 4. The summed E-state index contributed by atoms with van der Waals surface area (Å²) in [5, 5.41) is 3.08. The van der Waals surface area contributed by atoms with Gasteiger partial charge in [-0.3, -0.25) is 4.98 Å². The number of nitrogens with one attached hydrogen (secondary N) is 1. The smallest absolute Gasteiger partial charge is 0.127 e. The molecular weight excluding hydrogens is 286 g/mol. The minimum absolute atomic E-state index is 0.437. The second-order valence-corrected chi connectivity index (χ2v) is 5.22. The van der Waals surface area contributed by atoms with Gasteiger partial charge in [0.15, 0.2) is 0 Å². The number of dihydropyridines is 1. The third kappa shape index (κ3) is 3.64. The Morgan fingerprint density at radius 3 is 2.43 bits per heavy atom.